The van der Waals surface area contributed by atoms with Gasteiger partial charge in [0.15, 0.2) is 0 Å². The van der Waals surface area contributed by atoms with E-state index in [1.54, 1.807) is 12.1 Å². The van der Waals surface area contributed by atoms with Crippen LogP contribution in [0.25, 0.3) is 10.8 Å². The van der Waals surface area contributed by atoms with Crippen LogP contribution in [0.2, 0.25) is 0 Å². The molecule has 0 unspecified atom stereocenters. The largest absolute Gasteiger partial charge is 0.492 e. The zero-order valence-corrected chi connectivity index (χ0v) is 18.4. The fraction of sp³-hybridized carbons (Fsp3) is 0.346. The molecule has 0 bridgehead atoms. The molecule has 0 radical (unpaired) electrons. The molecule has 3 aromatic rings. The Morgan fingerprint density at radius 2 is 1.84 bits per heavy atom. The molecule has 0 saturated heterocycles. The maximum atomic E-state index is 13.2. The van der Waals surface area contributed by atoms with Gasteiger partial charge in [0.05, 0.1) is 12.1 Å². The van der Waals surface area contributed by atoms with Gasteiger partial charge in [0.25, 0.3) is 11.8 Å². The van der Waals surface area contributed by atoms with Crippen molar-refractivity contribution < 1.29 is 18.3 Å². The number of hydrogen-bond acceptors (Lipinski definition) is 3. The molecule has 1 aliphatic rings. The third kappa shape index (κ3) is 5.07. The van der Waals surface area contributed by atoms with Gasteiger partial charge in [0, 0.05) is 19.0 Å². The Labute approximate surface area is 187 Å². The zero-order chi connectivity index (χ0) is 22.8. The Kier molecular flexibility index (Phi) is 6.15. The van der Waals surface area contributed by atoms with Gasteiger partial charge in [-0.05, 0) is 53.8 Å². The number of carbonyl (C=O) groups is 1. The van der Waals surface area contributed by atoms with Crippen molar-refractivity contribution in [3.05, 3.63) is 77.4 Å². The number of hydrogen-bond donors (Lipinski definition) is 2. The number of aryl methyl sites for hydroxylation is 1. The van der Waals surface area contributed by atoms with Crippen LogP contribution >= 0.6 is 0 Å². The number of fused-ring (bicyclic) bond motifs is 1. The summed E-state index contributed by atoms with van der Waals surface area (Å²) in [7, 11) is 0. The van der Waals surface area contributed by atoms with Crippen LogP contribution in [0.4, 0.5) is 8.78 Å². The fourth-order valence-corrected chi connectivity index (χ4v) is 4.00. The minimum Gasteiger partial charge on any atom is -0.492 e. The van der Waals surface area contributed by atoms with Gasteiger partial charge in [-0.2, -0.15) is 0 Å². The molecule has 4 rings (SSSR count). The average molecular weight is 439 g/mol. The first-order valence-corrected chi connectivity index (χ1v) is 10.9. The number of ether oxygens (including phenoxy) is 1. The number of halogens is 2. The van der Waals surface area contributed by atoms with E-state index in [4.69, 9.17) is 4.74 Å². The third-order valence-electron chi connectivity index (χ3n) is 5.84. The summed E-state index contributed by atoms with van der Waals surface area (Å²) in [4.78, 5) is 13.2. The SMILES string of the molecule is Cc1ccc(OCCNCC(C)(F)F)cc1C(=O)NC1(c2cccc3ccccc23)CC1. The number of alkyl halides is 2. The second kappa shape index (κ2) is 8.87. The predicted molar refractivity (Wildman–Crippen MR) is 122 cm³/mol. The summed E-state index contributed by atoms with van der Waals surface area (Å²) < 4.78 is 31.4. The average Bonchev–Trinajstić information content (AvgIpc) is 3.53. The summed E-state index contributed by atoms with van der Waals surface area (Å²) >= 11 is 0. The van der Waals surface area contributed by atoms with E-state index in [0.717, 1.165) is 41.7 Å². The van der Waals surface area contributed by atoms with Crippen molar-refractivity contribution in [2.75, 3.05) is 19.7 Å². The highest BCUT2D eigenvalue weighted by atomic mass is 19.3. The quantitative estimate of drug-likeness (QED) is 0.452. The van der Waals surface area contributed by atoms with Crippen LogP contribution in [0.5, 0.6) is 5.75 Å². The van der Waals surface area contributed by atoms with E-state index in [-0.39, 0.29) is 18.1 Å². The van der Waals surface area contributed by atoms with E-state index in [0.29, 0.717) is 17.9 Å². The second-order valence-electron chi connectivity index (χ2n) is 8.64. The zero-order valence-electron chi connectivity index (χ0n) is 18.4. The van der Waals surface area contributed by atoms with Crippen LogP contribution in [0.15, 0.2) is 60.7 Å². The number of amides is 1. The lowest BCUT2D eigenvalue weighted by Gasteiger charge is -2.21. The molecular formula is C26H28F2N2O2. The molecule has 2 N–H and O–H groups in total. The van der Waals surface area contributed by atoms with E-state index >= 15 is 0 Å². The Morgan fingerprint density at radius 1 is 1.09 bits per heavy atom. The molecule has 1 saturated carbocycles. The molecule has 6 heteroatoms. The van der Waals surface area contributed by atoms with Crippen LogP contribution in [0.3, 0.4) is 0 Å². The topological polar surface area (TPSA) is 50.4 Å². The minimum atomic E-state index is -2.75. The second-order valence-corrected chi connectivity index (χ2v) is 8.64. The lowest BCUT2D eigenvalue weighted by Crippen LogP contribution is -2.35. The molecule has 1 amide bonds. The van der Waals surface area contributed by atoms with Gasteiger partial charge in [0.1, 0.15) is 12.4 Å². The lowest BCUT2D eigenvalue weighted by molar-refractivity contribution is 0.0222. The maximum Gasteiger partial charge on any atom is 0.257 e. The van der Waals surface area contributed by atoms with Crippen LogP contribution in [0, 0.1) is 6.92 Å². The molecule has 0 heterocycles. The van der Waals surface area contributed by atoms with Crippen LogP contribution in [0.1, 0.15) is 41.3 Å². The normalized spacial score (nSPS) is 14.9. The molecule has 0 atom stereocenters. The van der Waals surface area contributed by atoms with E-state index in [1.807, 2.05) is 31.2 Å². The van der Waals surface area contributed by atoms with Gasteiger partial charge >= 0.3 is 0 Å². The van der Waals surface area contributed by atoms with E-state index < -0.39 is 12.5 Å². The molecule has 168 valence electrons. The summed E-state index contributed by atoms with van der Waals surface area (Å²) in [5, 5.41) is 8.24. The Hall–Kier alpha value is -2.99. The van der Waals surface area contributed by atoms with E-state index in [2.05, 4.69) is 34.9 Å². The van der Waals surface area contributed by atoms with Gasteiger partial charge in [-0.3, -0.25) is 4.79 Å². The Balaban J connectivity index is 1.45. The predicted octanol–water partition coefficient (Wildman–Crippen LogP) is 5.19. The number of nitrogens with one attached hydrogen (secondary N) is 2. The van der Waals surface area contributed by atoms with Gasteiger partial charge in [-0.1, -0.05) is 48.5 Å². The van der Waals surface area contributed by atoms with Gasteiger partial charge < -0.3 is 15.4 Å². The Bertz CT molecular complexity index is 1120. The molecule has 32 heavy (non-hydrogen) atoms. The molecular weight excluding hydrogens is 410 g/mol. The minimum absolute atomic E-state index is 0.137. The van der Waals surface area contributed by atoms with Crippen molar-refractivity contribution in [2.45, 2.75) is 38.2 Å². The highest BCUT2D eigenvalue weighted by molar-refractivity contribution is 5.97. The molecule has 1 aliphatic carbocycles. The van der Waals surface area contributed by atoms with Gasteiger partial charge in [-0.15, -0.1) is 0 Å². The number of carbonyl (C=O) groups excluding carboxylic acids is 1. The lowest BCUT2D eigenvalue weighted by atomic mass is 9.96. The standard InChI is InChI=1S/C26H28F2N2O2/c1-18-10-11-20(32-15-14-29-17-25(2,27)28)16-22(18)24(31)30-26(12-13-26)23-9-5-7-19-6-3-4-8-21(19)23/h3-11,16,29H,12-15,17H2,1-2H3,(H,30,31). The Morgan fingerprint density at radius 3 is 2.59 bits per heavy atom. The molecule has 1 fully saturated rings. The fourth-order valence-electron chi connectivity index (χ4n) is 4.00. The van der Waals surface area contributed by atoms with Crippen molar-refractivity contribution >= 4 is 16.7 Å². The monoisotopic (exact) mass is 438 g/mol. The summed E-state index contributed by atoms with van der Waals surface area (Å²) in [5.74, 6) is -2.35. The summed E-state index contributed by atoms with van der Waals surface area (Å²) in [6, 6.07) is 19.8. The first-order valence-electron chi connectivity index (χ1n) is 10.9. The molecule has 4 nitrogen and oxygen atoms in total. The first kappa shape index (κ1) is 22.2. The maximum absolute atomic E-state index is 13.2. The summed E-state index contributed by atoms with van der Waals surface area (Å²) in [6.45, 7) is 2.90. The first-order chi connectivity index (χ1) is 15.3. The van der Waals surface area contributed by atoms with Crippen LogP contribution in [-0.4, -0.2) is 31.5 Å². The highest BCUT2D eigenvalue weighted by Gasteiger charge is 2.46. The summed E-state index contributed by atoms with van der Waals surface area (Å²) in [6.07, 6.45) is 1.80. The van der Waals surface area contributed by atoms with Crippen LogP contribution < -0.4 is 15.4 Å². The van der Waals surface area contributed by atoms with Gasteiger partial charge in [0.2, 0.25) is 0 Å². The highest BCUT2D eigenvalue weighted by Crippen LogP contribution is 2.48. The number of benzene rings is 3. The smallest absolute Gasteiger partial charge is 0.257 e. The van der Waals surface area contributed by atoms with Gasteiger partial charge in [-0.25, -0.2) is 8.78 Å². The molecule has 0 aliphatic heterocycles. The van der Waals surface area contributed by atoms with Crippen molar-refractivity contribution in [3.8, 4) is 5.75 Å². The van der Waals surface area contributed by atoms with Crippen molar-refractivity contribution in [1.29, 1.82) is 0 Å². The van der Waals surface area contributed by atoms with Crippen LogP contribution in [-0.2, 0) is 5.54 Å². The van der Waals surface area contributed by atoms with E-state index in [1.165, 1.54) is 0 Å². The molecule has 0 spiro atoms. The summed E-state index contributed by atoms with van der Waals surface area (Å²) in [5.41, 5.74) is 2.21. The van der Waals surface area contributed by atoms with E-state index in [9.17, 15) is 13.6 Å². The third-order valence-corrected chi connectivity index (χ3v) is 5.84. The van der Waals surface area contributed by atoms with Crippen molar-refractivity contribution in [1.82, 2.24) is 10.6 Å². The molecule has 3 aromatic carbocycles. The number of rotatable bonds is 9. The molecule has 0 aromatic heterocycles. The van der Waals surface area contributed by atoms with Crippen molar-refractivity contribution in [2.24, 2.45) is 0 Å². The van der Waals surface area contributed by atoms with Crippen molar-refractivity contribution in [3.63, 3.8) is 0 Å².